The lowest BCUT2D eigenvalue weighted by molar-refractivity contribution is -0.120. The Bertz CT molecular complexity index is 4230. The summed E-state index contributed by atoms with van der Waals surface area (Å²) in [5.74, 6) is -0.374. The number of ether oxygens (including phenoxy) is 2. The Hall–Kier alpha value is -9.32. The molecule has 4 aromatic carbocycles. The molecule has 6 N–H and O–H groups in total. The summed E-state index contributed by atoms with van der Waals surface area (Å²) in [5, 5.41) is 31.3. The van der Waals surface area contributed by atoms with Crippen molar-refractivity contribution in [3.63, 3.8) is 0 Å². The number of methoxy groups -OCH3 is 2. The van der Waals surface area contributed by atoms with Gasteiger partial charge in [-0.1, -0.05) is 65.6 Å². The maximum atomic E-state index is 13.9. The van der Waals surface area contributed by atoms with Crippen molar-refractivity contribution in [1.29, 1.82) is 0 Å². The predicted molar refractivity (Wildman–Crippen MR) is 388 cm³/mol. The van der Waals surface area contributed by atoms with Gasteiger partial charge in [0.1, 0.15) is 44.3 Å². The molecule has 2 fully saturated rings. The number of ketones is 2. The average molecular weight is 1450 g/mol. The van der Waals surface area contributed by atoms with Crippen molar-refractivity contribution >= 4 is 169 Å². The summed E-state index contributed by atoms with van der Waals surface area (Å²) < 4.78 is 80.7. The zero-order valence-corrected chi connectivity index (χ0v) is 60.1. The summed E-state index contributed by atoms with van der Waals surface area (Å²) >= 11 is 3.52. The molecule has 29 nitrogen and oxygen atoms in total. The molecule has 0 unspecified atom stereocenters. The van der Waals surface area contributed by atoms with Gasteiger partial charge in [-0.05, 0) is 134 Å². The Kier molecular flexibility index (Phi) is 25.0. The van der Waals surface area contributed by atoms with Crippen LogP contribution in [-0.4, -0.2) is 147 Å². The van der Waals surface area contributed by atoms with Crippen LogP contribution in [0, 0.1) is 0 Å². The lowest BCUT2D eigenvalue weighted by Crippen LogP contribution is -2.30. The number of piperidine rings is 2. The molecule has 2 aliphatic heterocycles. The van der Waals surface area contributed by atoms with Crippen LogP contribution in [-0.2, 0) is 39.4 Å². The SMILES string of the molecule is CCSc1nc(Nc2cc(N(CC)CC)c(OC)cc2N=Nc2nc(N3CCCCC3)c(/C=C(/C(C)=O)C(=O)Nc3ccccc3S(=O)(=O)O)s2)nc(Nc2cc(N(CC)CC)c(OC)cc2N=Nc2nc(N3CCCCC3)c(/C=C(\C(C)=O)C(=O)Nc3ccccc3S(=O)(=O)O)s2)n1. The van der Waals surface area contributed by atoms with Crippen LogP contribution in [0.2, 0.25) is 0 Å². The molecule has 0 aliphatic carbocycles. The highest BCUT2D eigenvalue weighted by atomic mass is 32.2. The van der Waals surface area contributed by atoms with E-state index in [1.165, 1.54) is 74.2 Å². The van der Waals surface area contributed by atoms with Crippen molar-refractivity contribution in [1.82, 2.24) is 24.9 Å². The fraction of sp³-hybridized carbons (Fsp3) is 0.369. The highest BCUT2D eigenvalue weighted by molar-refractivity contribution is 7.99. The summed E-state index contributed by atoms with van der Waals surface area (Å²) in [4.78, 5) is 86.8. The third-order valence-electron chi connectivity index (χ3n) is 15.9. The van der Waals surface area contributed by atoms with Crippen molar-refractivity contribution < 1.29 is 54.6 Å². The lowest BCUT2D eigenvalue weighted by Gasteiger charge is -2.27. The van der Waals surface area contributed by atoms with Gasteiger partial charge in [-0.15, -0.1) is 20.5 Å². The number of thiazole rings is 2. The smallest absolute Gasteiger partial charge is 0.296 e. The molecule has 0 bridgehead atoms. The number of nitrogens with one attached hydrogen (secondary N) is 4. The average Bonchev–Trinajstić information content (AvgIpc) is 1.53. The monoisotopic (exact) mass is 1450 g/mol. The molecule has 2 amide bonds. The third-order valence-corrected chi connectivity index (χ3v) is 20.2. The molecule has 3 aromatic heterocycles. The summed E-state index contributed by atoms with van der Waals surface area (Å²) in [6.45, 7) is 17.5. The Balaban J connectivity index is 1.10. The van der Waals surface area contributed by atoms with Crippen LogP contribution in [0.1, 0.15) is 96.7 Å². The van der Waals surface area contributed by atoms with Gasteiger partial charge in [0.15, 0.2) is 16.7 Å². The number of anilines is 10. The number of nitrogens with zero attached hydrogens (tertiary/aromatic N) is 13. The number of rotatable bonds is 30. The van der Waals surface area contributed by atoms with Crippen LogP contribution < -0.4 is 50.3 Å². The van der Waals surface area contributed by atoms with Crippen LogP contribution in [0.15, 0.2) is 119 Å². The number of carbonyl (C=O) groups is 4. The number of amides is 2. The topological polar surface area (TPSA) is 370 Å². The number of Topliss-reactive ketones (excluding diaryl/α,β-unsaturated/α-hetero) is 2. The number of para-hydroxylation sites is 2. The number of thioether (sulfide) groups is 1. The van der Waals surface area contributed by atoms with Crippen LogP contribution in [0.5, 0.6) is 11.5 Å². The largest absolute Gasteiger partial charge is 0.494 e. The van der Waals surface area contributed by atoms with Gasteiger partial charge in [-0.2, -0.15) is 41.8 Å². The first-order valence-electron chi connectivity index (χ1n) is 31.9. The minimum absolute atomic E-state index is 0.106. The molecule has 2 saturated heterocycles. The quantitative estimate of drug-likeness (QED) is 0.00608. The van der Waals surface area contributed by atoms with Gasteiger partial charge in [0.25, 0.3) is 32.1 Å². The van der Waals surface area contributed by atoms with Gasteiger partial charge < -0.3 is 50.3 Å². The van der Waals surface area contributed by atoms with E-state index in [2.05, 4.69) is 41.3 Å². The number of carbonyl (C=O) groups excluding carboxylic acids is 4. The zero-order chi connectivity index (χ0) is 71.1. The first-order chi connectivity index (χ1) is 47.5. The number of aromatic nitrogens is 5. The molecule has 7 aromatic rings. The minimum Gasteiger partial charge on any atom is -0.494 e. The van der Waals surface area contributed by atoms with E-state index in [1.54, 1.807) is 26.4 Å². The lowest BCUT2D eigenvalue weighted by atomic mass is 10.1. The molecule has 0 spiro atoms. The van der Waals surface area contributed by atoms with Gasteiger partial charge >= 0.3 is 0 Å². The van der Waals surface area contributed by atoms with E-state index in [1.807, 2.05) is 56.6 Å². The van der Waals surface area contributed by atoms with E-state index in [0.29, 0.717) is 108 Å². The number of hydrogen-bond acceptors (Lipinski definition) is 28. The van der Waals surface area contributed by atoms with Crippen LogP contribution in [0.4, 0.5) is 79.3 Å². The van der Waals surface area contributed by atoms with Crippen LogP contribution >= 0.6 is 34.4 Å². The summed E-state index contributed by atoms with van der Waals surface area (Å²) in [7, 11) is -6.38. The second-order valence-electron chi connectivity index (χ2n) is 22.3. The Morgan fingerprint density at radius 1 is 0.556 bits per heavy atom. The zero-order valence-electron chi connectivity index (χ0n) is 56.0. The normalized spacial score (nSPS) is 14.0. The van der Waals surface area contributed by atoms with E-state index in [-0.39, 0.29) is 56.1 Å². The third kappa shape index (κ3) is 18.5. The maximum absolute atomic E-state index is 13.9. The van der Waals surface area contributed by atoms with E-state index in [4.69, 9.17) is 44.6 Å². The molecule has 0 saturated carbocycles. The molecule has 9 rings (SSSR count). The highest BCUT2D eigenvalue weighted by Crippen LogP contribution is 2.45. The first kappa shape index (κ1) is 73.9. The van der Waals surface area contributed by atoms with Crippen molar-refractivity contribution in [3.8, 4) is 11.5 Å². The second kappa shape index (κ2) is 33.5. The number of azo groups is 2. The molecule has 524 valence electrons. The Morgan fingerprint density at radius 3 is 1.28 bits per heavy atom. The first-order valence-corrected chi connectivity index (χ1v) is 37.4. The minimum atomic E-state index is -4.74. The Morgan fingerprint density at radius 2 is 0.939 bits per heavy atom. The van der Waals surface area contributed by atoms with Crippen LogP contribution in [0.25, 0.3) is 12.2 Å². The van der Waals surface area contributed by atoms with E-state index in [9.17, 15) is 45.1 Å². The van der Waals surface area contributed by atoms with Gasteiger partial charge in [0.05, 0.1) is 69.2 Å². The fourth-order valence-electron chi connectivity index (χ4n) is 11.0. The summed E-state index contributed by atoms with van der Waals surface area (Å²) in [6, 6.07) is 17.7. The molecule has 99 heavy (non-hydrogen) atoms. The number of benzene rings is 4. The Labute approximate surface area is 586 Å². The predicted octanol–water partition coefficient (Wildman–Crippen LogP) is 13.6. The van der Waals surface area contributed by atoms with E-state index in [0.717, 1.165) is 84.7 Å². The molecular formula is C65H77N17O12S5. The molecule has 0 radical (unpaired) electrons. The van der Waals surface area contributed by atoms with Crippen molar-refractivity contribution in [2.75, 3.05) is 113 Å². The summed E-state index contributed by atoms with van der Waals surface area (Å²) in [5.41, 5.74) is 1.76. The second-order valence-corrected chi connectivity index (χ2v) is 28.3. The fourth-order valence-corrected chi connectivity index (χ4v) is 14.5. The van der Waals surface area contributed by atoms with Crippen molar-refractivity contribution in [3.05, 3.63) is 93.7 Å². The molecule has 2 aliphatic rings. The van der Waals surface area contributed by atoms with Gasteiger partial charge in [0, 0.05) is 64.5 Å². The standard InChI is InChI=1S/C65H77N17O12S5/c1-10-79(11-2)49-35-45(47(37-51(49)93-8)75-77-64-70-57(81-29-21-15-22-30-81)53(96-64)33-41(39(6)83)59(85)66-43-25-17-19-27-55(43)98(87,88)89)68-61-72-62(74-63(73-61)95-14-5)69-46-36-50(80(12-3)13-4)52(94-9)38-48(46)76-78-65-71-58(82-31-23-16-24-32-82)54(97-65)34-42(40(7)84)60(86)67-44-26-18-20-28-56(44)99(90,91)92/h17-20,25-28,33-38H,10-16,21-24,29-32H2,1-9H3,(H,66,85)(H,67,86)(H,87,88,89)(H,90,91,92)(H2,68,69,72,73,74)/b41-33-,42-34+,77-75?,78-76?. The number of hydrogen-bond donors (Lipinski definition) is 6. The molecule has 5 heterocycles. The van der Waals surface area contributed by atoms with Crippen molar-refractivity contribution in [2.24, 2.45) is 20.5 Å². The van der Waals surface area contributed by atoms with Gasteiger partial charge in [-0.3, -0.25) is 28.3 Å². The van der Waals surface area contributed by atoms with E-state index >= 15 is 0 Å². The van der Waals surface area contributed by atoms with Crippen molar-refractivity contribution in [2.45, 2.75) is 102 Å². The molecule has 34 heteroatoms. The van der Waals surface area contributed by atoms with E-state index < -0.39 is 53.4 Å². The molecule has 0 atom stereocenters. The highest BCUT2D eigenvalue weighted by Gasteiger charge is 2.28. The summed E-state index contributed by atoms with van der Waals surface area (Å²) in [6.07, 6.45) is 8.25. The van der Waals surface area contributed by atoms with Gasteiger partial charge in [-0.25, -0.2) is 0 Å². The van der Waals surface area contributed by atoms with Crippen LogP contribution in [0.3, 0.4) is 0 Å². The molecular weight excluding hydrogens is 1370 g/mol. The maximum Gasteiger partial charge on any atom is 0.296 e. The van der Waals surface area contributed by atoms with Gasteiger partial charge in [0.2, 0.25) is 22.2 Å².